The number of nitrogens with zero attached hydrogens (tertiary/aromatic N) is 1. The van der Waals surface area contributed by atoms with Crippen LogP contribution in [0, 0.1) is 11.3 Å². The molecule has 0 saturated heterocycles. The quantitative estimate of drug-likeness (QED) is 0.461. The maximum absolute atomic E-state index is 11.6. The zero-order valence-corrected chi connectivity index (χ0v) is 10.8. The van der Waals surface area contributed by atoms with Gasteiger partial charge in [0.1, 0.15) is 6.61 Å². The largest absolute Gasteiger partial charge is 0.462 e. The Balaban J connectivity index is 4.22. The average Bonchev–Trinajstić information content (AvgIpc) is 2.28. The maximum Gasteiger partial charge on any atom is 0.324 e. The highest BCUT2D eigenvalue weighted by Gasteiger charge is 2.28. The summed E-state index contributed by atoms with van der Waals surface area (Å²) in [5, 5.41) is 7.11. The number of hydrogen-bond donors (Lipinski definition) is 0. The summed E-state index contributed by atoms with van der Waals surface area (Å²) in [4.78, 5) is 11.4. The summed E-state index contributed by atoms with van der Waals surface area (Å²) in [6.45, 7) is 1.55. The van der Waals surface area contributed by atoms with E-state index >= 15 is 0 Å². The van der Waals surface area contributed by atoms with Crippen LogP contribution >= 0.6 is 0 Å². The van der Waals surface area contributed by atoms with Gasteiger partial charge in [-0.3, -0.25) is 4.79 Å². The predicted molar refractivity (Wildman–Crippen MR) is 60.9 cm³/mol. The van der Waals surface area contributed by atoms with Crippen LogP contribution in [0.25, 0.3) is 0 Å². The molecule has 98 valence electrons. The van der Waals surface area contributed by atoms with Crippen molar-refractivity contribution in [3.63, 3.8) is 0 Å². The van der Waals surface area contributed by atoms with Gasteiger partial charge in [-0.1, -0.05) is 0 Å². The van der Waals surface area contributed by atoms with Gasteiger partial charge in [-0.15, -0.1) is 0 Å². The maximum atomic E-state index is 11.6. The van der Waals surface area contributed by atoms with Gasteiger partial charge in [0, 0.05) is 13.5 Å². The van der Waals surface area contributed by atoms with E-state index in [1.807, 2.05) is 6.07 Å². The lowest BCUT2D eigenvalue weighted by atomic mass is 10.4. The third-order valence-corrected chi connectivity index (χ3v) is 4.25. The molecule has 0 aliphatic carbocycles. The van der Waals surface area contributed by atoms with Crippen molar-refractivity contribution >= 4 is 15.8 Å². The van der Waals surface area contributed by atoms with E-state index in [1.165, 1.54) is 14.0 Å². The van der Waals surface area contributed by atoms with Gasteiger partial charge in [0.25, 0.3) is 0 Å². The van der Waals surface area contributed by atoms with Crippen LogP contribution in [0.15, 0.2) is 0 Å². The normalized spacial score (nSPS) is 12.8. The first-order valence-electron chi connectivity index (χ1n) is 5.19. The van der Waals surface area contributed by atoms with E-state index in [0.29, 0.717) is 0 Å². The highest BCUT2D eigenvalue weighted by Crippen LogP contribution is 2.07. The van der Waals surface area contributed by atoms with Gasteiger partial charge < -0.3 is 9.47 Å². The number of sulfone groups is 1. The minimum atomic E-state index is -3.54. The molecule has 0 amide bonds. The molecule has 0 rings (SSSR count). The zero-order valence-electron chi connectivity index (χ0n) is 10.0. The molecule has 0 radical (unpaired) electrons. The molecular formula is C10H17NO5S. The van der Waals surface area contributed by atoms with Gasteiger partial charge in [-0.25, -0.2) is 8.42 Å². The fourth-order valence-electron chi connectivity index (χ4n) is 1.02. The first-order chi connectivity index (χ1) is 7.95. The van der Waals surface area contributed by atoms with Crippen molar-refractivity contribution in [1.82, 2.24) is 0 Å². The molecule has 1 atom stereocenters. The van der Waals surface area contributed by atoms with E-state index < -0.39 is 21.1 Å². The third-order valence-electron chi connectivity index (χ3n) is 2.12. The Labute approximate surface area is 101 Å². The van der Waals surface area contributed by atoms with Gasteiger partial charge in [-0.05, 0) is 13.3 Å². The summed E-state index contributed by atoms with van der Waals surface area (Å²) >= 11 is 0. The number of methoxy groups -OCH3 is 1. The van der Waals surface area contributed by atoms with Gasteiger partial charge in [-0.2, -0.15) is 5.26 Å². The second-order valence-electron chi connectivity index (χ2n) is 3.43. The minimum Gasteiger partial charge on any atom is -0.462 e. The van der Waals surface area contributed by atoms with Crippen molar-refractivity contribution in [2.45, 2.75) is 25.0 Å². The summed E-state index contributed by atoms with van der Waals surface area (Å²) < 4.78 is 32.7. The smallest absolute Gasteiger partial charge is 0.324 e. The second kappa shape index (κ2) is 8.03. The molecule has 0 aromatic rings. The second-order valence-corrected chi connectivity index (χ2v) is 5.87. The van der Waals surface area contributed by atoms with E-state index in [4.69, 9.17) is 10.00 Å². The Morgan fingerprint density at radius 3 is 2.59 bits per heavy atom. The molecule has 0 aromatic carbocycles. The summed E-state index contributed by atoms with van der Waals surface area (Å²) in [6.07, 6.45) is 0.388. The van der Waals surface area contributed by atoms with Crippen LogP contribution in [0.2, 0.25) is 0 Å². The lowest BCUT2D eigenvalue weighted by Gasteiger charge is -2.11. The van der Waals surface area contributed by atoms with Crippen molar-refractivity contribution in [3.8, 4) is 6.07 Å². The monoisotopic (exact) mass is 263 g/mol. The number of rotatable bonds is 8. The van der Waals surface area contributed by atoms with Crippen molar-refractivity contribution in [2.75, 3.05) is 26.1 Å². The molecule has 17 heavy (non-hydrogen) atoms. The molecule has 1 unspecified atom stereocenters. The van der Waals surface area contributed by atoms with Crippen LogP contribution in [0.4, 0.5) is 0 Å². The predicted octanol–water partition coefficient (Wildman–Crippen LogP) is 0.283. The highest BCUT2D eigenvalue weighted by atomic mass is 32.2. The topological polar surface area (TPSA) is 93.5 Å². The molecule has 0 aliphatic heterocycles. The standard InChI is InChI=1S/C10H17NO5S/c1-9(10(12)16-7-6-15-2)17(13,14)8-4-3-5-11/h9H,3-4,6-8H2,1-2H3. The summed E-state index contributed by atoms with van der Waals surface area (Å²) in [7, 11) is -2.08. The van der Waals surface area contributed by atoms with Crippen molar-refractivity contribution in [2.24, 2.45) is 0 Å². The molecule has 7 heteroatoms. The first-order valence-corrected chi connectivity index (χ1v) is 6.91. The van der Waals surface area contributed by atoms with Crippen LogP contribution in [0.3, 0.4) is 0 Å². The van der Waals surface area contributed by atoms with Gasteiger partial charge in [0.15, 0.2) is 15.1 Å². The molecule has 0 aromatic heterocycles. The molecule has 0 heterocycles. The molecule has 0 spiro atoms. The van der Waals surface area contributed by atoms with E-state index in [2.05, 4.69) is 4.74 Å². The molecule has 0 bridgehead atoms. The molecule has 0 N–H and O–H groups in total. The summed E-state index contributed by atoms with van der Waals surface area (Å²) in [5.41, 5.74) is 0. The number of nitriles is 1. The van der Waals surface area contributed by atoms with Gasteiger partial charge in [0.05, 0.1) is 18.4 Å². The van der Waals surface area contributed by atoms with Crippen LogP contribution in [0.1, 0.15) is 19.8 Å². The van der Waals surface area contributed by atoms with E-state index in [-0.39, 0.29) is 31.8 Å². The zero-order chi connectivity index (χ0) is 13.3. The molecule has 0 aliphatic rings. The average molecular weight is 263 g/mol. The highest BCUT2D eigenvalue weighted by molar-refractivity contribution is 7.92. The lowest BCUT2D eigenvalue weighted by molar-refractivity contribution is -0.144. The fraction of sp³-hybridized carbons (Fsp3) is 0.800. The van der Waals surface area contributed by atoms with E-state index in [1.54, 1.807) is 0 Å². The third kappa shape index (κ3) is 6.24. The Hall–Kier alpha value is -1.13. The number of carbonyl (C=O) groups is 1. The minimum absolute atomic E-state index is 0.0351. The Kier molecular flexibility index (Phi) is 7.50. The van der Waals surface area contributed by atoms with Crippen molar-refractivity contribution < 1.29 is 22.7 Å². The van der Waals surface area contributed by atoms with Crippen LogP contribution in [-0.4, -0.2) is 45.7 Å². The molecule has 0 saturated carbocycles. The number of unbranched alkanes of at least 4 members (excludes halogenated alkanes) is 1. The van der Waals surface area contributed by atoms with Crippen LogP contribution in [0.5, 0.6) is 0 Å². The fourth-order valence-corrected chi connectivity index (χ4v) is 2.28. The SMILES string of the molecule is COCCOC(=O)C(C)S(=O)(=O)CCCC#N. The van der Waals surface area contributed by atoms with Crippen LogP contribution in [-0.2, 0) is 24.1 Å². The van der Waals surface area contributed by atoms with Crippen molar-refractivity contribution in [1.29, 1.82) is 5.26 Å². The Bertz CT molecular complexity index is 371. The van der Waals surface area contributed by atoms with Crippen LogP contribution < -0.4 is 0 Å². The first kappa shape index (κ1) is 15.9. The van der Waals surface area contributed by atoms with E-state index in [0.717, 1.165) is 0 Å². The number of esters is 1. The van der Waals surface area contributed by atoms with Crippen molar-refractivity contribution in [3.05, 3.63) is 0 Å². The van der Waals surface area contributed by atoms with Gasteiger partial charge in [0.2, 0.25) is 0 Å². The molecular weight excluding hydrogens is 246 g/mol. The Morgan fingerprint density at radius 1 is 1.41 bits per heavy atom. The van der Waals surface area contributed by atoms with E-state index in [9.17, 15) is 13.2 Å². The number of carbonyl (C=O) groups excluding carboxylic acids is 1. The summed E-state index contributed by atoms with van der Waals surface area (Å²) in [6, 6.07) is 1.85. The lowest BCUT2D eigenvalue weighted by Crippen LogP contribution is -2.31. The van der Waals surface area contributed by atoms with Gasteiger partial charge >= 0.3 is 5.97 Å². The molecule has 6 nitrogen and oxygen atoms in total. The Morgan fingerprint density at radius 2 is 2.06 bits per heavy atom. The summed E-state index contributed by atoms with van der Waals surface area (Å²) in [5.74, 6) is -0.958. The molecule has 0 fully saturated rings. The number of ether oxygens (including phenoxy) is 2. The number of hydrogen-bond acceptors (Lipinski definition) is 6.